The Balaban J connectivity index is 1.87. The van der Waals surface area contributed by atoms with Crippen LogP contribution in [0.15, 0.2) is 47.4 Å². The molecule has 0 fully saturated rings. The number of anilines is 1. The first-order valence-corrected chi connectivity index (χ1v) is 11.9. The minimum absolute atomic E-state index is 0.140. The van der Waals surface area contributed by atoms with Gasteiger partial charge in [0.1, 0.15) is 23.4 Å². The fraction of sp³-hybridized carbons (Fsp3) is 0.250. The van der Waals surface area contributed by atoms with Gasteiger partial charge in [0.15, 0.2) is 9.84 Å². The highest BCUT2D eigenvalue weighted by Gasteiger charge is 2.15. The average Bonchev–Trinajstić information content (AvgIpc) is 3.20. The molecule has 0 bridgehead atoms. The van der Waals surface area contributed by atoms with Gasteiger partial charge in [0.05, 0.1) is 18.6 Å². The molecular formula is C20H21N3O7S2. The number of sulfone groups is 1. The molecule has 2 aromatic carbocycles. The number of hydrogen-bond donors (Lipinski definition) is 2. The van der Waals surface area contributed by atoms with E-state index in [0.29, 0.717) is 11.5 Å². The molecular weight excluding hydrogens is 458 g/mol. The van der Waals surface area contributed by atoms with Crippen LogP contribution in [-0.2, 0) is 9.84 Å². The first-order valence-electron chi connectivity index (χ1n) is 9.27. The lowest BCUT2D eigenvalue weighted by Crippen LogP contribution is -2.17. The quantitative estimate of drug-likeness (QED) is 0.474. The fourth-order valence-corrected chi connectivity index (χ4v) is 3.67. The molecule has 2 N–H and O–H groups in total. The Morgan fingerprint density at radius 1 is 1.16 bits per heavy atom. The van der Waals surface area contributed by atoms with Crippen molar-refractivity contribution in [3.8, 4) is 23.3 Å². The molecule has 1 heterocycles. The Labute approximate surface area is 188 Å². The zero-order chi connectivity index (χ0) is 23.3. The number of amides is 1. The first-order chi connectivity index (χ1) is 15.2. The van der Waals surface area contributed by atoms with Crippen molar-refractivity contribution >= 4 is 32.4 Å². The van der Waals surface area contributed by atoms with Gasteiger partial charge in [0.25, 0.3) is 5.91 Å². The van der Waals surface area contributed by atoms with Gasteiger partial charge >= 0.3 is 6.01 Å². The SMILES string of the molecule is COc1nsc(NC(=O)c2cc(Oc3ccc(S(C)(=O)=O)cc3)cc(OC(C)CO)c2)n1. The van der Waals surface area contributed by atoms with Crippen LogP contribution in [0.3, 0.4) is 0 Å². The van der Waals surface area contributed by atoms with Gasteiger partial charge in [0.2, 0.25) is 5.13 Å². The van der Waals surface area contributed by atoms with Gasteiger partial charge in [-0.2, -0.15) is 4.98 Å². The highest BCUT2D eigenvalue weighted by Crippen LogP contribution is 2.29. The van der Waals surface area contributed by atoms with Crippen molar-refractivity contribution in [1.29, 1.82) is 0 Å². The van der Waals surface area contributed by atoms with E-state index in [1.54, 1.807) is 13.0 Å². The van der Waals surface area contributed by atoms with Crippen LogP contribution in [0.1, 0.15) is 17.3 Å². The van der Waals surface area contributed by atoms with Crippen LogP contribution in [0.2, 0.25) is 0 Å². The molecule has 0 aliphatic heterocycles. The summed E-state index contributed by atoms with van der Waals surface area (Å²) in [5, 5.41) is 12.2. The Kier molecular flexibility index (Phi) is 7.28. The minimum atomic E-state index is -3.33. The summed E-state index contributed by atoms with van der Waals surface area (Å²) < 4.78 is 43.5. The number of benzene rings is 2. The van der Waals surface area contributed by atoms with Crippen LogP contribution in [0.25, 0.3) is 0 Å². The smallest absolute Gasteiger partial charge is 0.329 e. The second-order valence-corrected chi connectivity index (χ2v) is 9.46. The zero-order valence-electron chi connectivity index (χ0n) is 17.4. The first kappa shape index (κ1) is 23.4. The molecule has 32 heavy (non-hydrogen) atoms. The number of nitrogens with one attached hydrogen (secondary N) is 1. The highest BCUT2D eigenvalue weighted by atomic mass is 32.2. The summed E-state index contributed by atoms with van der Waals surface area (Å²) in [6.07, 6.45) is 0.604. The third-order valence-corrected chi connectivity index (χ3v) is 5.78. The molecule has 170 valence electrons. The molecule has 12 heteroatoms. The lowest BCUT2D eigenvalue weighted by Gasteiger charge is -2.15. The van der Waals surface area contributed by atoms with Crippen molar-refractivity contribution in [3.63, 3.8) is 0 Å². The third-order valence-electron chi connectivity index (χ3n) is 4.03. The number of carbonyl (C=O) groups is 1. The lowest BCUT2D eigenvalue weighted by atomic mass is 10.2. The molecule has 1 aromatic heterocycles. The van der Waals surface area contributed by atoms with E-state index < -0.39 is 21.8 Å². The molecule has 0 radical (unpaired) electrons. The summed E-state index contributed by atoms with van der Waals surface area (Å²) in [6.45, 7) is 1.45. The maximum absolute atomic E-state index is 12.7. The number of aliphatic hydroxyl groups excluding tert-OH is 1. The molecule has 3 aromatic rings. The van der Waals surface area contributed by atoms with Crippen LogP contribution >= 0.6 is 11.5 Å². The van der Waals surface area contributed by atoms with Gasteiger partial charge in [-0.05, 0) is 43.3 Å². The molecule has 3 rings (SSSR count). The van der Waals surface area contributed by atoms with Gasteiger partial charge in [-0.25, -0.2) is 8.42 Å². The number of aromatic nitrogens is 2. The number of hydrogen-bond acceptors (Lipinski definition) is 10. The van der Waals surface area contributed by atoms with E-state index in [0.717, 1.165) is 17.8 Å². The summed E-state index contributed by atoms with van der Waals surface area (Å²) in [6, 6.07) is 10.6. The third kappa shape index (κ3) is 6.15. The molecule has 1 unspecified atom stereocenters. The van der Waals surface area contributed by atoms with E-state index in [2.05, 4.69) is 14.7 Å². The van der Waals surface area contributed by atoms with E-state index in [-0.39, 0.29) is 34.0 Å². The highest BCUT2D eigenvalue weighted by molar-refractivity contribution is 7.90. The number of aliphatic hydroxyl groups is 1. The van der Waals surface area contributed by atoms with E-state index in [4.69, 9.17) is 14.2 Å². The molecule has 0 aliphatic rings. The van der Waals surface area contributed by atoms with Gasteiger partial charge in [0, 0.05) is 29.4 Å². The summed E-state index contributed by atoms with van der Waals surface area (Å²) in [4.78, 5) is 16.9. The molecule has 0 spiro atoms. The lowest BCUT2D eigenvalue weighted by molar-refractivity contribution is 0.102. The summed E-state index contributed by atoms with van der Waals surface area (Å²) >= 11 is 0.963. The topological polar surface area (TPSA) is 137 Å². The van der Waals surface area contributed by atoms with E-state index >= 15 is 0 Å². The van der Waals surface area contributed by atoms with Crippen molar-refractivity contribution < 1.29 is 32.5 Å². The average molecular weight is 480 g/mol. The van der Waals surface area contributed by atoms with Crippen molar-refractivity contribution in [1.82, 2.24) is 9.36 Å². The van der Waals surface area contributed by atoms with Crippen LogP contribution < -0.4 is 19.5 Å². The second kappa shape index (κ2) is 9.94. The van der Waals surface area contributed by atoms with Gasteiger partial charge in [-0.1, -0.05) is 0 Å². The van der Waals surface area contributed by atoms with Crippen LogP contribution in [-0.4, -0.2) is 54.9 Å². The monoisotopic (exact) mass is 479 g/mol. The summed E-state index contributed by atoms with van der Waals surface area (Å²) in [5.74, 6) is 0.463. The maximum atomic E-state index is 12.7. The minimum Gasteiger partial charge on any atom is -0.488 e. The van der Waals surface area contributed by atoms with Gasteiger partial charge in [-0.15, -0.1) is 4.37 Å². The van der Waals surface area contributed by atoms with E-state index in [1.807, 2.05) is 0 Å². The normalized spacial score (nSPS) is 12.1. The number of ether oxygens (including phenoxy) is 3. The number of rotatable bonds is 9. The predicted octanol–water partition coefficient (Wildman–Crippen LogP) is 2.75. The van der Waals surface area contributed by atoms with Crippen LogP contribution in [0, 0.1) is 0 Å². The maximum Gasteiger partial charge on any atom is 0.329 e. The standard InChI is InChI=1S/C20H21N3O7S2/c1-12(11-24)29-15-8-13(18(25)21-20-22-19(28-2)23-31-20)9-16(10-15)30-14-4-6-17(7-5-14)32(3,26)27/h4-10,12,24H,11H2,1-3H3,(H,21,22,23,25). The van der Waals surface area contributed by atoms with Crippen molar-refractivity contribution in [3.05, 3.63) is 48.0 Å². The Morgan fingerprint density at radius 3 is 2.44 bits per heavy atom. The molecule has 10 nitrogen and oxygen atoms in total. The van der Waals surface area contributed by atoms with Crippen molar-refractivity contribution in [2.45, 2.75) is 17.9 Å². The number of methoxy groups -OCH3 is 1. The summed E-state index contributed by atoms with van der Waals surface area (Å²) in [7, 11) is -1.92. The number of carbonyl (C=O) groups excluding carboxylic acids is 1. The van der Waals surface area contributed by atoms with Gasteiger partial charge in [-0.3, -0.25) is 10.1 Å². The van der Waals surface area contributed by atoms with Crippen LogP contribution in [0.5, 0.6) is 23.3 Å². The second-order valence-electron chi connectivity index (χ2n) is 6.69. The Bertz CT molecular complexity index is 1190. The van der Waals surface area contributed by atoms with Crippen LogP contribution in [0.4, 0.5) is 5.13 Å². The van der Waals surface area contributed by atoms with E-state index in [9.17, 15) is 18.3 Å². The Hall–Kier alpha value is -3.22. The summed E-state index contributed by atoms with van der Waals surface area (Å²) in [5.41, 5.74) is 0.213. The molecule has 1 amide bonds. The molecule has 0 saturated heterocycles. The molecule has 0 saturated carbocycles. The molecule has 1 atom stereocenters. The number of nitrogens with zero attached hydrogens (tertiary/aromatic N) is 2. The molecule has 0 aliphatic carbocycles. The zero-order valence-corrected chi connectivity index (χ0v) is 19.1. The Morgan fingerprint density at radius 2 is 1.84 bits per heavy atom. The predicted molar refractivity (Wildman–Crippen MR) is 118 cm³/mol. The fourth-order valence-electron chi connectivity index (χ4n) is 2.50. The van der Waals surface area contributed by atoms with Crippen molar-refractivity contribution in [2.24, 2.45) is 0 Å². The largest absolute Gasteiger partial charge is 0.488 e. The van der Waals surface area contributed by atoms with E-state index in [1.165, 1.54) is 43.5 Å². The van der Waals surface area contributed by atoms with Gasteiger partial charge < -0.3 is 19.3 Å². The van der Waals surface area contributed by atoms with Crippen molar-refractivity contribution in [2.75, 3.05) is 25.3 Å².